The van der Waals surface area contributed by atoms with Gasteiger partial charge in [0.15, 0.2) is 0 Å². The molecule has 0 saturated heterocycles. The lowest BCUT2D eigenvalue weighted by Crippen LogP contribution is -2.32. The number of benzene rings is 1. The van der Waals surface area contributed by atoms with Crippen LogP contribution in [0.5, 0.6) is 5.75 Å². The quantitative estimate of drug-likeness (QED) is 0.0615. The van der Waals surface area contributed by atoms with Crippen LogP contribution in [0.3, 0.4) is 0 Å². The van der Waals surface area contributed by atoms with Crippen molar-refractivity contribution >= 4 is 24.0 Å². The van der Waals surface area contributed by atoms with Crippen molar-refractivity contribution in [3.8, 4) is 5.75 Å². The van der Waals surface area contributed by atoms with Gasteiger partial charge in [-0.2, -0.15) is 0 Å². The number of rotatable bonds is 16. The van der Waals surface area contributed by atoms with Crippen molar-refractivity contribution in [2.75, 3.05) is 34.4 Å². The van der Waals surface area contributed by atoms with Crippen molar-refractivity contribution < 1.29 is 32.7 Å². The third-order valence-electron chi connectivity index (χ3n) is 4.78. The summed E-state index contributed by atoms with van der Waals surface area (Å²) in [6.45, 7) is 18.0. The Bertz CT molecular complexity index is 993. The van der Waals surface area contributed by atoms with Crippen LogP contribution in [0.4, 0.5) is 5.69 Å². The number of hydrogen-bond donors (Lipinski definition) is 2. The van der Waals surface area contributed by atoms with Crippen molar-refractivity contribution in [1.82, 2.24) is 25.8 Å². The molecule has 1 heterocycles. The minimum Gasteiger partial charge on any atom is -0.457 e. The predicted molar refractivity (Wildman–Crippen MR) is 163 cm³/mol. The molecule has 0 saturated carbocycles. The summed E-state index contributed by atoms with van der Waals surface area (Å²) in [7, 11) is 4.99. The Balaban J connectivity index is 0. The Morgan fingerprint density at radius 1 is 1.21 bits per heavy atom. The van der Waals surface area contributed by atoms with Crippen LogP contribution >= 0.6 is 12.3 Å². The first-order chi connectivity index (χ1) is 20.1. The number of hydroxylamine groups is 1. The predicted octanol–water partition coefficient (Wildman–Crippen LogP) is 5.40. The molecule has 0 radical (unpaired) electrons. The number of carbonyl (C=O) groups is 1. The third kappa shape index (κ3) is 17.9. The van der Waals surface area contributed by atoms with Crippen molar-refractivity contribution in [2.45, 2.75) is 80.9 Å². The molecule has 2 aromatic rings. The Hall–Kier alpha value is -2.82. The smallest absolute Gasteiger partial charge is 0.313 e. The molecule has 14 nitrogen and oxygen atoms in total. The fourth-order valence-electron chi connectivity index (χ4n) is 3.21. The van der Waals surface area contributed by atoms with E-state index in [1.807, 2.05) is 41.7 Å². The molecule has 0 aliphatic heterocycles. The highest BCUT2D eigenvalue weighted by Crippen LogP contribution is 2.34. The molecule has 1 unspecified atom stereocenters. The molecule has 242 valence electrons. The fourth-order valence-corrected chi connectivity index (χ4v) is 3.51. The largest absolute Gasteiger partial charge is 0.457 e. The van der Waals surface area contributed by atoms with Crippen molar-refractivity contribution in [1.29, 1.82) is 0 Å². The number of nitrogens with one attached hydrogen (secondary N) is 2. The van der Waals surface area contributed by atoms with Gasteiger partial charge in [0.05, 0.1) is 24.3 Å². The third-order valence-corrected chi connectivity index (χ3v) is 5.21. The van der Waals surface area contributed by atoms with Gasteiger partial charge < -0.3 is 19.1 Å². The highest BCUT2D eigenvalue weighted by atomic mass is 32.2. The van der Waals surface area contributed by atoms with Crippen LogP contribution in [0.2, 0.25) is 0 Å². The van der Waals surface area contributed by atoms with Gasteiger partial charge >= 0.3 is 11.7 Å². The molecule has 0 fully saturated rings. The van der Waals surface area contributed by atoms with E-state index in [-0.39, 0.29) is 23.3 Å². The summed E-state index contributed by atoms with van der Waals surface area (Å²) in [5.41, 5.74) is 3.58. The lowest BCUT2D eigenvalue weighted by Gasteiger charge is -2.22. The number of nitrogens with zero attached hydrogens (tertiary/aromatic N) is 4. The minimum absolute atomic E-state index is 0.0359. The molecule has 2 N–H and O–H groups in total. The number of nitro groups is 1. The van der Waals surface area contributed by atoms with Gasteiger partial charge in [-0.1, -0.05) is 59.7 Å². The number of aryl methyl sites for hydroxylation is 1. The molecule has 0 spiro atoms. The van der Waals surface area contributed by atoms with Crippen LogP contribution in [0.25, 0.3) is 0 Å². The lowest BCUT2D eigenvalue weighted by atomic mass is 9.95. The number of esters is 1. The first kappa shape index (κ1) is 41.3. The highest BCUT2D eigenvalue weighted by molar-refractivity contribution is 7.90. The van der Waals surface area contributed by atoms with Gasteiger partial charge in [0.1, 0.15) is 6.10 Å². The summed E-state index contributed by atoms with van der Waals surface area (Å²) in [5.74, 6) is -0.552. The van der Waals surface area contributed by atoms with E-state index in [1.165, 1.54) is 26.2 Å². The van der Waals surface area contributed by atoms with Crippen LogP contribution in [0, 0.1) is 15.5 Å². The van der Waals surface area contributed by atoms with Crippen LogP contribution in [-0.4, -0.2) is 60.2 Å². The lowest BCUT2D eigenvalue weighted by molar-refractivity contribution is -0.385. The maximum absolute atomic E-state index is 11.5. The number of aromatic nitrogens is 3. The fraction of sp³-hybridized carbons (Fsp3) is 0.667. The molecule has 15 heteroatoms. The zero-order valence-electron chi connectivity index (χ0n) is 26.9. The van der Waals surface area contributed by atoms with Crippen LogP contribution in [0.1, 0.15) is 79.2 Å². The highest BCUT2D eigenvalue weighted by Gasteiger charge is 2.24. The van der Waals surface area contributed by atoms with Crippen molar-refractivity contribution in [2.24, 2.45) is 5.41 Å². The van der Waals surface area contributed by atoms with Gasteiger partial charge in [-0.15, -0.1) is 9.43 Å². The van der Waals surface area contributed by atoms with Crippen LogP contribution in [-0.2, 0) is 36.6 Å². The summed E-state index contributed by atoms with van der Waals surface area (Å²) in [6, 6.07) is 4.25. The van der Waals surface area contributed by atoms with E-state index in [9.17, 15) is 14.9 Å². The zero-order chi connectivity index (χ0) is 32.6. The first-order valence-electron chi connectivity index (χ1n) is 13.9. The molecule has 1 atom stereocenters. The molecular weight excluding hydrogens is 568 g/mol. The molecular formula is C27H50N6O8S. The van der Waals surface area contributed by atoms with E-state index in [2.05, 4.69) is 44.2 Å². The molecule has 42 heavy (non-hydrogen) atoms. The Morgan fingerprint density at radius 2 is 1.88 bits per heavy atom. The van der Waals surface area contributed by atoms with E-state index in [0.717, 1.165) is 19.6 Å². The van der Waals surface area contributed by atoms with Crippen LogP contribution in [0.15, 0.2) is 24.4 Å². The zero-order valence-corrected chi connectivity index (χ0v) is 27.7. The minimum atomic E-state index is -0.764. The number of hydrogen-bond acceptors (Lipinski definition) is 13. The van der Waals surface area contributed by atoms with Gasteiger partial charge in [0.2, 0.25) is 5.75 Å². The summed E-state index contributed by atoms with van der Waals surface area (Å²) < 4.78 is 16.6. The van der Waals surface area contributed by atoms with E-state index < -0.39 is 17.0 Å². The molecule has 0 amide bonds. The summed E-state index contributed by atoms with van der Waals surface area (Å²) in [4.78, 5) is 31.7. The maximum atomic E-state index is 11.5. The molecule has 1 aromatic carbocycles. The Kier molecular flexibility index (Phi) is 24.3. The molecule has 0 aliphatic rings. The van der Waals surface area contributed by atoms with E-state index >= 15 is 0 Å². The second kappa shape index (κ2) is 24.7. The second-order valence-corrected chi connectivity index (χ2v) is 9.27. The number of carbonyl (C=O) groups excluding carboxylic acids is 1. The number of nitro benzene ring substituents is 1. The molecule has 0 bridgehead atoms. The summed E-state index contributed by atoms with van der Waals surface area (Å²) >= 11 is 0.440. The van der Waals surface area contributed by atoms with E-state index in [0.29, 0.717) is 30.1 Å². The maximum Gasteiger partial charge on any atom is 0.313 e. The second-order valence-electron chi connectivity index (χ2n) is 8.83. The first-order valence-corrected chi connectivity index (χ1v) is 14.5. The Morgan fingerprint density at radius 3 is 2.40 bits per heavy atom. The summed E-state index contributed by atoms with van der Waals surface area (Å²) in [6.07, 6.45) is 2.11. The van der Waals surface area contributed by atoms with E-state index in [4.69, 9.17) is 13.8 Å². The van der Waals surface area contributed by atoms with E-state index in [1.54, 1.807) is 24.0 Å². The monoisotopic (exact) mass is 618 g/mol. The molecule has 1 aromatic heterocycles. The standard InChI is InChI=1S/C16H20N4O7S.C7H18N2O.2C2H6/c1-4-7-19-10-13(17-18-19)9-16(25-11(2)21)12-5-6-15(26-28-27-24-3)14(8-12)20(22)23;1-7(2,5-8-3)6-10-9-4;2*1-2/h5-6,8,10,16H,4,7,9H2,1-3H3;8-9H,5-6H2,1-4H3;2*1-2H3. The van der Waals surface area contributed by atoms with Gasteiger partial charge in [0, 0.05) is 51.2 Å². The van der Waals surface area contributed by atoms with Gasteiger partial charge in [0.25, 0.3) is 12.3 Å². The molecule has 2 rings (SSSR count). The van der Waals surface area contributed by atoms with Gasteiger partial charge in [-0.3, -0.25) is 19.6 Å². The van der Waals surface area contributed by atoms with Crippen molar-refractivity contribution in [3.05, 3.63) is 45.8 Å². The SMILES string of the molecule is CC.CC.CCCn1cc(CC(OC(C)=O)c2ccc(OSOOC)c([N+](=O)[O-])c2)nn1.CNCC(C)(C)CONC. The normalized spacial score (nSPS) is 11.0. The Labute approximate surface area is 254 Å². The van der Waals surface area contributed by atoms with Gasteiger partial charge in [-0.25, -0.2) is 10.4 Å². The summed E-state index contributed by atoms with van der Waals surface area (Å²) in [5, 5.41) is 22.6. The number of ether oxygens (including phenoxy) is 1. The average Bonchev–Trinajstić information content (AvgIpc) is 3.41. The molecule has 0 aliphatic carbocycles. The van der Waals surface area contributed by atoms with Gasteiger partial charge in [-0.05, 0) is 25.1 Å². The van der Waals surface area contributed by atoms with Crippen LogP contribution < -0.4 is 15.0 Å². The average molecular weight is 619 g/mol. The topological polar surface area (TPSA) is 161 Å². The van der Waals surface area contributed by atoms with Crippen molar-refractivity contribution in [3.63, 3.8) is 0 Å².